The van der Waals surface area contributed by atoms with Gasteiger partial charge in [-0.1, -0.05) is 41.4 Å². The average Bonchev–Trinajstić information content (AvgIpc) is 3.84. The smallest absolute Gasteiger partial charge is 0.387 e. The highest BCUT2D eigenvalue weighted by Crippen LogP contribution is 2.38. The van der Waals surface area contributed by atoms with Crippen molar-refractivity contribution in [1.29, 1.82) is 0 Å². The molecule has 4 rings (SSSR count). The van der Waals surface area contributed by atoms with Crippen LogP contribution in [0.5, 0.6) is 11.5 Å². The summed E-state index contributed by atoms with van der Waals surface area (Å²) in [5.41, 5.74) is 1.18. The number of esters is 2. The molecule has 2 aromatic carbocycles. The molecule has 50 heavy (non-hydrogen) atoms. The van der Waals surface area contributed by atoms with E-state index in [4.69, 9.17) is 37.4 Å². The molecule has 1 saturated carbocycles. The summed E-state index contributed by atoms with van der Waals surface area (Å²) in [6.07, 6.45) is 3.90. The predicted molar refractivity (Wildman–Crippen MR) is 184 cm³/mol. The molecule has 0 bridgehead atoms. The molecule has 0 aliphatic heterocycles. The van der Waals surface area contributed by atoms with Crippen molar-refractivity contribution in [2.75, 3.05) is 31.0 Å². The van der Waals surface area contributed by atoms with Crippen LogP contribution >= 0.6 is 23.2 Å². The predicted octanol–water partition coefficient (Wildman–Crippen LogP) is 6.41. The zero-order valence-corrected chi connectivity index (χ0v) is 30.4. The maximum atomic E-state index is 13.3. The molecule has 1 aromatic heterocycles. The van der Waals surface area contributed by atoms with E-state index < -0.39 is 47.7 Å². The van der Waals surface area contributed by atoms with Gasteiger partial charge >= 0.3 is 18.6 Å². The Balaban J connectivity index is 1.47. The zero-order chi connectivity index (χ0) is 36.6. The SMILES string of the molecule is CN(CC(=O)O[C@@H](Cc1c(Cl)cncc1Cl)c1ccc(OC(F)F)c(OCC2CC2)c1)Cc1ccc(N(CC(=O)OC(C)(C)C)[SH](=O)=O)cc1. The number of carbonyl (C=O) groups excluding carboxylic acids is 2. The molecule has 1 aliphatic rings. The molecular formula is C34H39Cl2F2N3O8S. The van der Waals surface area contributed by atoms with Crippen molar-refractivity contribution in [2.45, 2.75) is 64.9 Å². The first-order valence-corrected chi connectivity index (χ1v) is 17.6. The van der Waals surface area contributed by atoms with Gasteiger partial charge in [0.25, 0.3) is 0 Å². The van der Waals surface area contributed by atoms with Crippen LogP contribution in [0.3, 0.4) is 0 Å². The molecule has 0 amide bonds. The van der Waals surface area contributed by atoms with E-state index in [0.717, 1.165) is 22.7 Å². The van der Waals surface area contributed by atoms with Gasteiger partial charge in [-0.05, 0) is 87.5 Å². The van der Waals surface area contributed by atoms with E-state index in [1.165, 1.54) is 30.6 Å². The maximum Gasteiger partial charge on any atom is 0.387 e. The van der Waals surface area contributed by atoms with Gasteiger partial charge in [-0.15, -0.1) is 0 Å². The highest BCUT2D eigenvalue weighted by molar-refractivity contribution is 7.74. The first-order valence-electron chi connectivity index (χ1n) is 15.7. The van der Waals surface area contributed by atoms with Gasteiger partial charge in [0.1, 0.15) is 18.2 Å². The molecule has 16 heteroatoms. The summed E-state index contributed by atoms with van der Waals surface area (Å²) in [6, 6.07) is 10.8. The fourth-order valence-corrected chi connectivity index (χ4v) is 5.94. The van der Waals surface area contributed by atoms with Crippen LogP contribution in [0.4, 0.5) is 14.5 Å². The molecule has 1 aliphatic carbocycles. The van der Waals surface area contributed by atoms with Gasteiger partial charge in [0.15, 0.2) is 11.5 Å². The number of hydrogen-bond donors (Lipinski definition) is 1. The number of halogens is 4. The number of anilines is 1. The number of nitrogens with zero attached hydrogens (tertiary/aromatic N) is 3. The lowest BCUT2D eigenvalue weighted by Crippen LogP contribution is -2.34. The monoisotopic (exact) mass is 757 g/mol. The Morgan fingerprint density at radius 3 is 2.22 bits per heavy atom. The molecule has 0 N–H and O–H groups in total. The van der Waals surface area contributed by atoms with Gasteiger partial charge in [-0.3, -0.25) is 23.8 Å². The first-order chi connectivity index (χ1) is 23.6. The quantitative estimate of drug-likeness (QED) is 0.122. The summed E-state index contributed by atoms with van der Waals surface area (Å²) in [6.45, 7) is 1.99. The van der Waals surface area contributed by atoms with Crippen molar-refractivity contribution >= 4 is 51.7 Å². The van der Waals surface area contributed by atoms with Gasteiger partial charge in [0.2, 0.25) is 10.9 Å². The topological polar surface area (TPSA) is 125 Å². The lowest BCUT2D eigenvalue weighted by Gasteiger charge is -2.24. The summed E-state index contributed by atoms with van der Waals surface area (Å²) in [4.78, 5) is 31.2. The van der Waals surface area contributed by atoms with Crippen molar-refractivity contribution in [3.05, 3.63) is 81.6 Å². The highest BCUT2D eigenvalue weighted by Gasteiger charge is 2.26. The number of aromatic nitrogens is 1. The summed E-state index contributed by atoms with van der Waals surface area (Å²) >= 11 is 12.8. The number of thiol groups is 1. The summed E-state index contributed by atoms with van der Waals surface area (Å²) in [7, 11) is -1.42. The molecular weight excluding hydrogens is 719 g/mol. The van der Waals surface area contributed by atoms with E-state index in [-0.39, 0.29) is 46.7 Å². The van der Waals surface area contributed by atoms with Crippen LogP contribution in [0.1, 0.15) is 56.4 Å². The molecule has 0 unspecified atom stereocenters. The second-order valence-electron chi connectivity index (χ2n) is 12.8. The van der Waals surface area contributed by atoms with E-state index in [0.29, 0.717) is 23.7 Å². The van der Waals surface area contributed by atoms with E-state index in [1.807, 2.05) is 0 Å². The Hall–Kier alpha value is -3.72. The van der Waals surface area contributed by atoms with Crippen LogP contribution in [0.2, 0.25) is 10.0 Å². The first kappa shape index (κ1) is 39.1. The number of ether oxygens (including phenoxy) is 4. The number of alkyl halides is 2. The average molecular weight is 759 g/mol. The molecule has 0 spiro atoms. The number of carbonyl (C=O) groups is 2. The summed E-state index contributed by atoms with van der Waals surface area (Å²) in [5.74, 6) is -1.01. The molecule has 1 fully saturated rings. The van der Waals surface area contributed by atoms with Crippen molar-refractivity contribution < 1.29 is 45.7 Å². The number of likely N-dealkylation sites (N-methyl/N-ethyl adjacent to an activating group) is 1. The Labute approximate surface area is 301 Å². The Morgan fingerprint density at radius 1 is 0.980 bits per heavy atom. The largest absolute Gasteiger partial charge is 0.489 e. The normalized spacial score (nSPS) is 13.7. The maximum absolute atomic E-state index is 13.3. The summed E-state index contributed by atoms with van der Waals surface area (Å²) in [5, 5.41) is 0.515. The minimum atomic E-state index is -3.12. The highest BCUT2D eigenvalue weighted by atomic mass is 35.5. The lowest BCUT2D eigenvalue weighted by molar-refractivity contribution is -0.153. The summed E-state index contributed by atoms with van der Waals surface area (Å²) < 4.78 is 72.7. The number of hydrogen-bond acceptors (Lipinski definition) is 10. The van der Waals surface area contributed by atoms with E-state index >= 15 is 0 Å². The van der Waals surface area contributed by atoms with E-state index in [2.05, 4.69) is 9.72 Å². The van der Waals surface area contributed by atoms with Crippen molar-refractivity contribution in [1.82, 2.24) is 9.88 Å². The van der Waals surface area contributed by atoms with Gasteiger partial charge < -0.3 is 18.9 Å². The van der Waals surface area contributed by atoms with Gasteiger partial charge in [-0.2, -0.15) is 8.78 Å². The minimum absolute atomic E-state index is 0.0516. The molecule has 3 aromatic rings. The van der Waals surface area contributed by atoms with Crippen molar-refractivity contribution in [2.24, 2.45) is 5.92 Å². The molecule has 1 heterocycles. The van der Waals surface area contributed by atoms with Crippen LogP contribution in [0, 0.1) is 5.92 Å². The molecule has 272 valence electrons. The Kier molecular flexibility index (Phi) is 13.7. The fraction of sp³-hybridized carbons (Fsp3) is 0.441. The number of pyridine rings is 1. The van der Waals surface area contributed by atoms with Crippen LogP contribution in [-0.4, -0.2) is 69.2 Å². The van der Waals surface area contributed by atoms with Crippen molar-refractivity contribution in [3.8, 4) is 11.5 Å². The molecule has 0 radical (unpaired) electrons. The lowest BCUT2D eigenvalue weighted by atomic mass is 10.0. The molecule has 11 nitrogen and oxygen atoms in total. The molecule has 0 saturated heterocycles. The zero-order valence-electron chi connectivity index (χ0n) is 27.9. The number of benzene rings is 2. The third-order valence-electron chi connectivity index (χ3n) is 7.32. The second kappa shape index (κ2) is 17.5. The van der Waals surface area contributed by atoms with Crippen LogP contribution < -0.4 is 13.8 Å². The van der Waals surface area contributed by atoms with Crippen LogP contribution in [0.25, 0.3) is 0 Å². The number of rotatable bonds is 17. The van der Waals surface area contributed by atoms with E-state index in [9.17, 15) is 26.8 Å². The van der Waals surface area contributed by atoms with Gasteiger partial charge in [0, 0.05) is 25.4 Å². The Bertz CT molecular complexity index is 1690. The third-order valence-corrected chi connectivity index (χ3v) is 8.74. The molecule has 1 atom stereocenters. The van der Waals surface area contributed by atoms with Crippen LogP contribution in [0.15, 0.2) is 54.9 Å². The second-order valence-corrected chi connectivity index (χ2v) is 14.6. The minimum Gasteiger partial charge on any atom is -0.489 e. The van der Waals surface area contributed by atoms with E-state index in [1.54, 1.807) is 57.0 Å². The van der Waals surface area contributed by atoms with Gasteiger partial charge in [0.05, 0.1) is 28.9 Å². The standard InChI is InChI=1S/C34H39Cl2F2N3O8S/c1-34(2,3)49-32(43)19-41(50(44)45)24-10-7-21(8-11-24)17-40(4)18-31(42)47-29(14-25-26(35)15-39-16-27(25)36)23-9-12-28(48-33(37)38)30(13-23)46-20-22-5-6-22/h7-13,15-16,22,29,33,50H,5-6,14,17-20H2,1-4H3/t29-/m0/s1. The van der Waals surface area contributed by atoms with Gasteiger partial charge in [-0.25, -0.2) is 8.42 Å². The fourth-order valence-electron chi connectivity index (χ4n) is 4.87. The van der Waals surface area contributed by atoms with Crippen molar-refractivity contribution in [3.63, 3.8) is 0 Å². The Morgan fingerprint density at radius 2 is 1.64 bits per heavy atom. The van der Waals surface area contributed by atoms with Crippen LogP contribution in [-0.2, 0) is 42.9 Å². The third kappa shape index (κ3) is 12.3.